The molecule has 130 valence electrons. The highest BCUT2D eigenvalue weighted by molar-refractivity contribution is 5.42. The third-order valence-electron chi connectivity index (χ3n) is 4.91. The average Bonchev–Trinajstić information content (AvgIpc) is 2.59. The summed E-state index contributed by atoms with van der Waals surface area (Å²) in [6.07, 6.45) is 3.01. The molecule has 4 heteroatoms. The van der Waals surface area contributed by atoms with Gasteiger partial charge in [-0.25, -0.2) is 4.39 Å². The van der Waals surface area contributed by atoms with Gasteiger partial charge in [0.1, 0.15) is 0 Å². The Morgan fingerprint density at radius 3 is 2.57 bits per heavy atom. The van der Waals surface area contributed by atoms with Gasteiger partial charge in [0.05, 0.1) is 7.11 Å². The van der Waals surface area contributed by atoms with Gasteiger partial charge in [-0.05, 0) is 56.8 Å². The summed E-state index contributed by atoms with van der Waals surface area (Å²) in [5, 5.41) is 0. The van der Waals surface area contributed by atoms with Crippen LogP contribution < -0.4 is 4.74 Å². The molecule has 23 heavy (non-hydrogen) atoms. The molecule has 0 aromatic heterocycles. The summed E-state index contributed by atoms with van der Waals surface area (Å²) in [5.41, 5.74) is 2.05. The van der Waals surface area contributed by atoms with Gasteiger partial charge in [-0.3, -0.25) is 4.90 Å². The Kier molecular flexibility index (Phi) is 6.85. The smallest absolute Gasteiger partial charge is 0.165 e. The Labute approximate surface area is 139 Å². The molecule has 1 saturated heterocycles. The number of rotatable bonds is 7. The predicted octanol–water partition coefficient (Wildman–Crippen LogP) is 4.52. The van der Waals surface area contributed by atoms with E-state index in [1.807, 2.05) is 0 Å². The maximum absolute atomic E-state index is 14.6. The fraction of sp³-hybridized carbons (Fsp3) is 0.684. The average molecular weight is 323 g/mol. The van der Waals surface area contributed by atoms with E-state index in [-0.39, 0.29) is 11.9 Å². The van der Waals surface area contributed by atoms with E-state index in [0.29, 0.717) is 11.7 Å². The molecule has 0 amide bonds. The minimum Gasteiger partial charge on any atom is -0.493 e. The molecule has 0 bridgehead atoms. The van der Waals surface area contributed by atoms with Crippen molar-refractivity contribution in [2.75, 3.05) is 33.4 Å². The van der Waals surface area contributed by atoms with E-state index in [0.717, 1.165) is 56.7 Å². The summed E-state index contributed by atoms with van der Waals surface area (Å²) >= 11 is 0. The fourth-order valence-electron chi connectivity index (χ4n) is 3.54. The molecule has 1 aliphatic heterocycles. The molecule has 1 fully saturated rings. The molecular weight excluding hydrogens is 293 g/mol. The molecule has 1 aliphatic rings. The van der Waals surface area contributed by atoms with E-state index >= 15 is 0 Å². The lowest BCUT2D eigenvalue weighted by atomic mass is 9.89. The van der Waals surface area contributed by atoms with Crippen LogP contribution >= 0.6 is 0 Å². The van der Waals surface area contributed by atoms with Crippen molar-refractivity contribution in [3.8, 4) is 5.75 Å². The summed E-state index contributed by atoms with van der Waals surface area (Å²) < 4.78 is 25.4. The third kappa shape index (κ3) is 4.24. The second kappa shape index (κ2) is 8.65. The highest BCUT2D eigenvalue weighted by atomic mass is 19.1. The number of benzene rings is 1. The normalized spacial score (nSPS) is 17.5. The Hall–Kier alpha value is -1.13. The van der Waals surface area contributed by atoms with Crippen LogP contribution in [0.5, 0.6) is 5.75 Å². The molecule has 2 rings (SSSR count). The Morgan fingerprint density at radius 1 is 1.30 bits per heavy atom. The van der Waals surface area contributed by atoms with E-state index in [9.17, 15) is 4.39 Å². The molecule has 3 nitrogen and oxygen atoms in total. The van der Waals surface area contributed by atoms with Gasteiger partial charge in [0.25, 0.3) is 0 Å². The number of methoxy groups -OCH3 is 1. The molecule has 1 aromatic carbocycles. The third-order valence-corrected chi connectivity index (χ3v) is 4.91. The second-order valence-corrected chi connectivity index (χ2v) is 6.32. The van der Waals surface area contributed by atoms with E-state index in [1.54, 1.807) is 13.2 Å². The summed E-state index contributed by atoms with van der Waals surface area (Å²) in [6.45, 7) is 9.94. The van der Waals surface area contributed by atoms with Crippen LogP contribution in [0.1, 0.15) is 63.1 Å². The highest BCUT2D eigenvalue weighted by Gasteiger charge is 2.24. The minimum atomic E-state index is -0.245. The first-order valence-electron chi connectivity index (χ1n) is 8.81. The van der Waals surface area contributed by atoms with Gasteiger partial charge in [-0.1, -0.05) is 19.9 Å². The van der Waals surface area contributed by atoms with E-state index in [4.69, 9.17) is 9.47 Å². The van der Waals surface area contributed by atoms with Crippen LogP contribution in [0.4, 0.5) is 4.39 Å². The van der Waals surface area contributed by atoms with Crippen molar-refractivity contribution in [1.82, 2.24) is 4.90 Å². The minimum absolute atomic E-state index is 0.143. The summed E-state index contributed by atoms with van der Waals surface area (Å²) in [4.78, 5) is 2.37. The maximum atomic E-state index is 14.6. The second-order valence-electron chi connectivity index (χ2n) is 6.32. The number of ether oxygens (including phenoxy) is 2. The summed E-state index contributed by atoms with van der Waals surface area (Å²) in [7, 11) is 1.55. The van der Waals surface area contributed by atoms with Crippen LogP contribution in [0.15, 0.2) is 12.1 Å². The molecule has 0 saturated carbocycles. The van der Waals surface area contributed by atoms with Crippen LogP contribution in [-0.2, 0) is 4.74 Å². The van der Waals surface area contributed by atoms with Crippen LogP contribution in [0, 0.1) is 5.82 Å². The molecule has 1 unspecified atom stereocenters. The number of hydrogen-bond acceptors (Lipinski definition) is 3. The monoisotopic (exact) mass is 323 g/mol. The number of halogens is 1. The van der Waals surface area contributed by atoms with Crippen molar-refractivity contribution < 1.29 is 13.9 Å². The van der Waals surface area contributed by atoms with Gasteiger partial charge < -0.3 is 9.47 Å². The maximum Gasteiger partial charge on any atom is 0.165 e. The first-order chi connectivity index (χ1) is 11.1. The molecular formula is C19H30FNO2. The quantitative estimate of drug-likeness (QED) is 0.736. The predicted molar refractivity (Wildman–Crippen MR) is 91.7 cm³/mol. The Bertz CT molecular complexity index is 500. The van der Waals surface area contributed by atoms with Gasteiger partial charge in [0.15, 0.2) is 11.6 Å². The molecule has 0 spiro atoms. The van der Waals surface area contributed by atoms with Crippen molar-refractivity contribution in [3.63, 3.8) is 0 Å². The Morgan fingerprint density at radius 2 is 2.00 bits per heavy atom. The zero-order valence-electron chi connectivity index (χ0n) is 14.9. The van der Waals surface area contributed by atoms with Crippen molar-refractivity contribution in [3.05, 3.63) is 29.1 Å². The summed E-state index contributed by atoms with van der Waals surface area (Å²) in [5.74, 6) is 0.533. The molecule has 0 aliphatic carbocycles. The van der Waals surface area contributed by atoms with Crippen LogP contribution in [0.3, 0.4) is 0 Å². The van der Waals surface area contributed by atoms with E-state index in [1.165, 1.54) is 0 Å². The first kappa shape index (κ1) is 18.2. The van der Waals surface area contributed by atoms with Gasteiger partial charge in [-0.15, -0.1) is 0 Å². The van der Waals surface area contributed by atoms with Crippen LogP contribution in [-0.4, -0.2) is 38.3 Å². The van der Waals surface area contributed by atoms with Gasteiger partial charge >= 0.3 is 0 Å². The van der Waals surface area contributed by atoms with Crippen LogP contribution in [0.25, 0.3) is 0 Å². The van der Waals surface area contributed by atoms with Crippen molar-refractivity contribution in [1.29, 1.82) is 0 Å². The summed E-state index contributed by atoms with van der Waals surface area (Å²) in [6, 6.07) is 3.95. The number of nitrogens with zero attached hydrogens (tertiary/aromatic N) is 1. The largest absolute Gasteiger partial charge is 0.493 e. The van der Waals surface area contributed by atoms with Crippen molar-refractivity contribution >= 4 is 0 Å². The first-order valence-corrected chi connectivity index (χ1v) is 8.81. The molecule has 1 heterocycles. The lowest BCUT2D eigenvalue weighted by molar-refractivity contribution is 0.0852. The van der Waals surface area contributed by atoms with Gasteiger partial charge in [0.2, 0.25) is 0 Å². The SMILES string of the molecule is CCCN(CC)C(C)c1cc(C2CCOCC2)cc(F)c1OC. The van der Waals surface area contributed by atoms with Crippen molar-refractivity contribution in [2.45, 2.75) is 52.0 Å². The van der Waals surface area contributed by atoms with E-state index < -0.39 is 0 Å². The van der Waals surface area contributed by atoms with Crippen LogP contribution in [0.2, 0.25) is 0 Å². The van der Waals surface area contributed by atoms with Gasteiger partial charge in [-0.2, -0.15) is 0 Å². The lowest BCUT2D eigenvalue weighted by Crippen LogP contribution is -2.28. The molecule has 1 aromatic rings. The standard InChI is InChI=1S/C19H30FNO2/c1-5-9-21(6-2)14(3)17-12-16(13-18(20)19(17)22-4)15-7-10-23-11-8-15/h12-15H,5-11H2,1-4H3. The number of hydrogen-bond donors (Lipinski definition) is 0. The Balaban J connectivity index is 2.36. The highest BCUT2D eigenvalue weighted by Crippen LogP contribution is 2.37. The molecule has 0 radical (unpaired) electrons. The fourth-order valence-corrected chi connectivity index (χ4v) is 3.54. The zero-order chi connectivity index (χ0) is 16.8. The molecule has 0 N–H and O–H groups in total. The van der Waals surface area contributed by atoms with Gasteiger partial charge in [0, 0.05) is 24.8 Å². The molecule has 1 atom stereocenters. The lowest BCUT2D eigenvalue weighted by Gasteiger charge is -2.30. The topological polar surface area (TPSA) is 21.7 Å². The van der Waals surface area contributed by atoms with E-state index in [2.05, 4.69) is 31.7 Å². The zero-order valence-corrected chi connectivity index (χ0v) is 14.9. The van der Waals surface area contributed by atoms with Crippen molar-refractivity contribution in [2.24, 2.45) is 0 Å².